The molecule has 5 rings (SSSR count). The third-order valence-corrected chi connectivity index (χ3v) is 4.63. The molecule has 3 aliphatic rings. The number of aromatic nitrogens is 2. The molecule has 3 aliphatic heterocycles. The first-order valence-electron chi connectivity index (χ1n) is 7.07. The molecule has 2 aromatic rings. The van der Waals surface area contributed by atoms with Crippen molar-refractivity contribution in [3.05, 3.63) is 29.0 Å². The van der Waals surface area contributed by atoms with Crippen molar-refractivity contribution in [3.63, 3.8) is 0 Å². The second-order valence-electron chi connectivity index (χ2n) is 5.51. The molecule has 4 heterocycles. The number of halogens is 1. The lowest BCUT2D eigenvalue weighted by molar-refractivity contribution is 0.00781. The van der Waals surface area contributed by atoms with Gasteiger partial charge < -0.3 is 10.3 Å². The van der Waals surface area contributed by atoms with E-state index in [9.17, 15) is 0 Å². The first kappa shape index (κ1) is 13.1. The van der Waals surface area contributed by atoms with Crippen molar-refractivity contribution in [1.82, 2.24) is 19.9 Å². The van der Waals surface area contributed by atoms with Crippen LogP contribution >= 0.6 is 11.6 Å². The van der Waals surface area contributed by atoms with Crippen molar-refractivity contribution in [2.45, 2.75) is 6.04 Å². The summed E-state index contributed by atoms with van der Waals surface area (Å²) in [6, 6.07) is 5.63. The van der Waals surface area contributed by atoms with Gasteiger partial charge in [0.2, 0.25) is 0 Å². The van der Waals surface area contributed by atoms with E-state index in [4.69, 9.17) is 21.9 Å². The van der Waals surface area contributed by atoms with E-state index in [-0.39, 0.29) is 6.04 Å². The molecule has 110 valence electrons. The minimum absolute atomic E-state index is 0.213. The van der Waals surface area contributed by atoms with E-state index >= 15 is 0 Å². The number of anilines is 1. The van der Waals surface area contributed by atoms with Gasteiger partial charge in [-0.1, -0.05) is 22.8 Å². The Morgan fingerprint density at radius 2 is 2.05 bits per heavy atom. The summed E-state index contributed by atoms with van der Waals surface area (Å²) in [6.07, 6.45) is 0. The number of hydrogen-bond donors (Lipinski definition) is 1. The molecule has 0 saturated carbocycles. The molecule has 1 aromatic heterocycles. The summed E-state index contributed by atoms with van der Waals surface area (Å²) in [6.45, 7) is 5.34. The van der Waals surface area contributed by atoms with E-state index in [1.807, 2.05) is 12.1 Å². The van der Waals surface area contributed by atoms with Gasteiger partial charge in [-0.3, -0.25) is 9.80 Å². The minimum atomic E-state index is 0.213. The van der Waals surface area contributed by atoms with E-state index in [0.29, 0.717) is 22.2 Å². The number of nitrogen functional groups attached to an aromatic ring is 1. The molecule has 0 radical (unpaired) electrons. The number of nitrogens with two attached hydrogens (primary N) is 1. The van der Waals surface area contributed by atoms with Crippen molar-refractivity contribution in [1.29, 1.82) is 0 Å². The number of para-hydroxylation sites is 1. The van der Waals surface area contributed by atoms with Crippen LogP contribution in [0.2, 0.25) is 5.02 Å². The van der Waals surface area contributed by atoms with Gasteiger partial charge in [0, 0.05) is 32.7 Å². The number of hydrogen-bond acceptors (Lipinski definition) is 6. The monoisotopic (exact) mass is 305 g/mol. The summed E-state index contributed by atoms with van der Waals surface area (Å²) in [5, 5.41) is 4.65. The highest BCUT2D eigenvalue weighted by molar-refractivity contribution is 6.33. The zero-order valence-corrected chi connectivity index (χ0v) is 12.3. The lowest BCUT2D eigenvalue weighted by Crippen LogP contribution is -2.57. The highest BCUT2D eigenvalue weighted by atomic mass is 35.5. The number of rotatable bonds is 2. The predicted octanol–water partition coefficient (Wildman–Crippen LogP) is 1.64. The lowest BCUT2D eigenvalue weighted by Gasteiger charge is -2.46. The molecule has 1 aromatic carbocycles. The number of benzene rings is 1. The van der Waals surface area contributed by atoms with Crippen LogP contribution in [-0.4, -0.2) is 52.7 Å². The van der Waals surface area contributed by atoms with Gasteiger partial charge in [0.15, 0.2) is 5.82 Å². The summed E-state index contributed by atoms with van der Waals surface area (Å²) < 4.78 is 5.40. The normalized spacial score (nSPS) is 28.0. The van der Waals surface area contributed by atoms with Crippen molar-refractivity contribution in [3.8, 4) is 11.5 Å². The average molecular weight is 306 g/mol. The molecular weight excluding hydrogens is 290 g/mol. The van der Waals surface area contributed by atoms with Gasteiger partial charge in [-0.05, 0) is 12.1 Å². The Balaban J connectivity index is 1.65. The maximum atomic E-state index is 6.04. The molecule has 0 amide bonds. The number of nitrogens with zero attached hydrogens (tertiary/aromatic N) is 4. The molecule has 21 heavy (non-hydrogen) atoms. The van der Waals surface area contributed by atoms with Crippen LogP contribution in [0.5, 0.6) is 0 Å². The van der Waals surface area contributed by atoms with Gasteiger partial charge in [0.05, 0.1) is 22.3 Å². The van der Waals surface area contributed by atoms with Crippen LogP contribution in [0, 0.1) is 0 Å². The van der Waals surface area contributed by atoms with Gasteiger partial charge in [0.1, 0.15) is 0 Å². The van der Waals surface area contributed by atoms with Gasteiger partial charge in [0.25, 0.3) is 5.89 Å². The van der Waals surface area contributed by atoms with Crippen LogP contribution < -0.4 is 5.73 Å². The number of fused-ring (bicyclic) bond motifs is 3. The Labute approximate surface area is 127 Å². The Morgan fingerprint density at radius 1 is 1.24 bits per heavy atom. The highest BCUT2D eigenvalue weighted by Gasteiger charge is 2.35. The first-order chi connectivity index (χ1) is 10.2. The minimum Gasteiger partial charge on any atom is -0.397 e. The van der Waals surface area contributed by atoms with E-state index in [1.54, 1.807) is 6.07 Å². The molecule has 2 bridgehead atoms. The van der Waals surface area contributed by atoms with Crippen molar-refractivity contribution < 1.29 is 4.52 Å². The van der Waals surface area contributed by atoms with Crippen molar-refractivity contribution in [2.75, 3.05) is 38.5 Å². The molecule has 3 saturated heterocycles. The summed E-state index contributed by atoms with van der Waals surface area (Å²) in [4.78, 5) is 9.39. The van der Waals surface area contributed by atoms with Crippen molar-refractivity contribution in [2.24, 2.45) is 0 Å². The molecule has 6 nitrogen and oxygen atoms in total. The maximum Gasteiger partial charge on any atom is 0.260 e. The fraction of sp³-hybridized carbons (Fsp3) is 0.429. The Kier molecular flexibility index (Phi) is 3.10. The maximum absolute atomic E-state index is 6.04. The van der Waals surface area contributed by atoms with E-state index in [1.165, 1.54) is 0 Å². The van der Waals surface area contributed by atoms with E-state index in [0.717, 1.165) is 38.5 Å². The van der Waals surface area contributed by atoms with Gasteiger partial charge in [-0.2, -0.15) is 4.98 Å². The molecule has 7 heteroatoms. The SMILES string of the molecule is Nc1c(Cl)cccc1-c1nc(C2CN3CCN2CC3)no1. The fourth-order valence-electron chi connectivity index (χ4n) is 3.07. The second kappa shape index (κ2) is 4.98. The van der Waals surface area contributed by atoms with Crippen molar-refractivity contribution >= 4 is 17.3 Å². The third kappa shape index (κ3) is 2.19. The quantitative estimate of drug-likeness (QED) is 0.851. The molecular formula is C14H16ClN5O. The fourth-order valence-corrected chi connectivity index (χ4v) is 3.24. The number of piperazine rings is 3. The molecule has 1 atom stereocenters. The van der Waals surface area contributed by atoms with Crippen LogP contribution in [0.25, 0.3) is 11.5 Å². The Hall–Kier alpha value is -1.63. The summed E-state index contributed by atoms with van der Waals surface area (Å²) >= 11 is 6.04. The predicted molar refractivity (Wildman–Crippen MR) is 79.9 cm³/mol. The Bertz CT molecular complexity index is 665. The molecule has 0 aliphatic carbocycles. The molecule has 1 unspecified atom stereocenters. The van der Waals surface area contributed by atoms with Crippen LogP contribution in [0.3, 0.4) is 0 Å². The van der Waals surface area contributed by atoms with Gasteiger partial charge >= 0.3 is 0 Å². The second-order valence-corrected chi connectivity index (χ2v) is 5.92. The van der Waals surface area contributed by atoms with E-state index in [2.05, 4.69) is 19.9 Å². The van der Waals surface area contributed by atoms with Crippen LogP contribution in [0.15, 0.2) is 22.7 Å². The highest BCUT2D eigenvalue weighted by Crippen LogP contribution is 2.32. The molecule has 0 spiro atoms. The summed E-state index contributed by atoms with van der Waals surface area (Å²) in [5.74, 6) is 1.16. The molecule has 2 N–H and O–H groups in total. The Morgan fingerprint density at radius 3 is 2.76 bits per heavy atom. The molecule has 3 fully saturated rings. The van der Waals surface area contributed by atoms with Crippen LogP contribution in [0.4, 0.5) is 5.69 Å². The topological polar surface area (TPSA) is 71.4 Å². The zero-order chi connectivity index (χ0) is 14.4. The van der Waals surface area contributed by atoms with Crippen LogP contribution in [0.1, 0.15) is 11.9 Å². The van der Waals surface area contributed by atoms with E-state index < -0.39 is 0 Å². The van der Waals surface area contributed by atoms with Gasteiger partial charge in [-0.15, -0.1) is 0 Å². The van der Waals surface area contributed by atoms with Crippen LogP contribution in [-0.2, 0) is 0 Å². The largest absolute Gasteiger partial charge is 0.397 e. The smallest absolute Gasteiger partial charge is 0.260 e. The summed E-state index contributed by atoms with van der Waals surface area (Å²) in [5.41, 5.74) is 7.15. The van der Waals surface area contributed by atoms with Gasteiger partial charge in [-0.25, -0.2) is 0 Å². The standard InChI is InChI=1S/C14H16ClN5O/c15-10-3-1-2-9(12(10)16)14-17-13(18-21-14)11-8-19-4-6-20(11)7-5-19/h1-3,11H,4-8,16H2. The first-order valence-corrected chi connectivity index (χ1v) is 7.44. The zero-order valence-electron chi connectivity index (χ0n) is 11.5. The third-order valence-electron chi connectivity index (χ3n) is 4.30. The lowest BCUT2D eigenvalue weighted by atomic mass is 10.1. The summed E-state index contributed by atoms with van der Waals surface area (Å²) in [7, 11) is 0. The average Bonchev–Trinajstić information content (AvgIpc) is 3.01.